The summed E-state index contributed by atoms with van der Waals surface area (Å²) in [6.45, 7) is 6.02. The molecule has 1 saturated heterocycles. The van der Waals surface area contributed by atoms with Crippen LogP contribution in [-0.2, 0) is 6.42 Å². The van der Waals surface area contributed by atoms with E-state index >= 15 is 0 Å². The number of nitrogens with zero attached hydrogens (tertiary/aromatic N) is 5. The van der Waals surface area contributed by atoms with E-state index < -0.39 is 0 Å². The molecule has 212 valence electrons. The summed E-state index contributed by atoms with van der Waals surface area (Å²) < 4.78 is 0. The molecule has 0 bridgehead atoms. The largest absolute Gasteiger partial charge is 0.412 e. The Bertz CT molecular complexity index is 1010. The highest BCUT2D eigenvalue weighted by molar-refractivity contribution is 6.29. The number of hydrogen-bond donors (Lipinski definition) is 2. The fourth-order valence-electron chi connectivity index (χ4n) is 5.25. The second kappa shape index (κ2) is 16.6. The first-order chi connectivity index (χ1) is 15.1. The molecule has 1 fully saturated rings. The van der Waals surface area contributed by atoms with E-state index in [0.717, 1.165) is 93.5 Å². The van der Waals surface area contributed by atoms with E-state index in [-0.39, 0.29) is 59.6 Å². The molecule has 1 aromatic rings. The van der Waals surface area contributed by atoms with E-state index in [2.05, 4.69) is 33.2 Å². The van der Waals surface area contributed by atoms with Crippen LogP contribution in [0.5, 0.6) is 0 Å². The third kappa shape index (κ3) is 8.08. The third-order valence-corrected chi connectivity index (χ3v) is 7.04. The average molecular weight is 603 g/mol. The summed E-state index contributed by atoms with van der Waals surface area (Å²) in [4.78, 5) is 21.4. The molecule has 1 aromatic heterocycles. The first kappa shape index (κ1) is 37.8. The minimum Gasteiger partial charge on any atom is -0.412 e. The number of guanidine groups is 1. The highest BCUT2D eigenvalue weighted by atomic mass is 35.5. The first-order valence-electron chi connectivity index (χ1n) is 11.4. The van der Waals surface area contributed by atoms with E-state index in [1.165, 1.54) is 11.1 Å². The quantitative estimate of drug-likeness (QED) is 0.530. The Morgan fingerprint density at radius 1 is 1.14 bits per heavy atom. The van der Waals surface area contributed by atoms with Gasteiger partial charge < -0.3 is 32.4 Å². The Hall–Kier alpha value is -1.34. The maximum Gasteiger partial charge on any atom is 0.223 e. The lowest BCUT2D eigenvalue weighted by Crippen LogP contribution is -2.38. The lowest BCUT2D eigenvalue weighted by Gasteiger charge is -2.29. The molecule has 3 heterocycles. The molecule has 37 heavy (non-hydrogen) atoms. The van der Waals surface area contributed by atoms with Gasteiger partial charge >= 0.3 is 0 Å². The predicted molar refractivity (Wildman–Crippen MR) is 157 cm³/mol. The molecule has 5 rings (SSSR count). The van der Waals surface area contributed by atoms with Crippen LogP contribution in [0.15, 0.2) is 39.1 Å². The standard InChI is InChI=1S/C23H30ClN7.3ClH.3H2O/c1-14-16(17-3-2-4-18-22(17)26-13-20(24)28-18)5-6-19-21(14)30-23(29-19)27-15-7-10-31(11-8-15)12-9-25;;;;;;/h5,13,15,17H,2-4,6-12,25H2,1H3,(H,27,30);3*1H;3*1H2. The van der Waals surface area contributed by atoms with Gasteiger partial charge in [-0.15, -0.1) is 37.2 Å². The van der Waals surface area contributed by atoms with E-state index in [1.54, 1.807) is 6.20 Å². The molecule has 4 aliphatic rings. The van der Waals surface area contributed by atoms with Gasteiger partial charge in [0.05, 0.1) is 35.0 Å². The smallest absolute Gasteiger partial charge is 0.223 e. The Morgan fingerprint density at radius 3 is 2.51 bits per heavy atom. The predicted octanol–water partition coefficient (Wildman–Crippen LogP) is 1.77. The summed E-state index contributed by atoms with van der Waals surface area (Å²) >= 11 is 6.09. The van der Waals surface area contributed by atoms with E-state index in [1.807, 2.05) is 0 Å². The van der Waals surface area contributed by atoms with Crippen molar-refractivity contribution >= 4 is 60.5 Å². The Labute approximate surface area is 241 Å². The topological polar surface area (TPSA) is 186 Å². The monoisotopic (exact) mass is 601 g/mol. The highest BCUT2D eigenvalue weighted by Gasteiger charge is 2.32. The summed E-state index contributed by atoms with van der Waals surface area (Å²) in [7, 11) is 0. The van der Waals surface area contributed by atoms with Crippen LogP contribution in [0.3, 0.4) is 0 Å². The van der Waals surface area contributed by atoms with Gasteiger partial charge in [0.2, 0.25) is 5.96 Å². The maximum absolute atomic E-state index is 6.09. The van der Waals surface area contributed by atoms with E-state index in [9.17, 15) is 0 Å². The zero-order valence-corrected chi connectivity index (χ0v) is 24.0. The molecule has 0 amide bonds. The summed E-state index contributed by atoms with van der Waals surface area (Å²) in [5.41, 5.74) is 12.6. The van der Waals surface area contributed by atoms with Crippen molar-refractivity contribution in [1.82, 2.24) is 20.2 Å². The summed E-state index contributed by atoms with van der Waals surface area (Å²) in [6.07, 6.45) is 10.1. The number of hydrogen-bond acceptors (Lipinski definition) is 5. The van der Waals surface area contributed by atoms with Crippen LogP contribution in [0, 0.1) is 0 Å². The lowest BCUT2D eigenvalue weighted by molar-refractivity contribution is 0.219. The molecule has 1 unspecified atom stereocenters. The number of nitrogens with two attached hydrogens (primary N) is 1. The van der Waals surface area contributed by atoms with Gasteiger partial charge in [-0.2, -0.15) is 0 Å². The highest BCUT2D eigenvalue weighted by Crippen LogP contribution is 2.41. The maximum atomic E-state index is 6.09. The molecule has 2 aliphatic heterocycles. The molecule has 0 aromatic carbocycles. The van der Waals surface area contributed by atoms with Crippen LogP contribution >= 0.6 is 48.8 Å². The van der Waals surface area contributed by atoms with Crippen molar-refractivity contribution in [3.63, 3.8) is 0 Å². The molecule has 0 spiro atoms. The van der Waals surface area contributed by atoms with Crippen LogP contribution in [0.25, 0.3) is 0 Å². The lowest BCUT2D eigenvalue weighted by atomic mass is 9.78. The second-order valence-electron chi connectivity index (χ2n) is 8.83. The molecular formula is C23H39Cl4N7O3. The number of rotatable bonds is 4. The zero-order chi connectivity index (χ0) is 21.4. The van der Waals surface area contributed by atoms with Crippen molar-refractivity contribution in [2.75, 3.05) is 26.2 Å². The van der Waals surface area contributed by atoms with Crippen molar-refractivity contribution < 1.29 is 16.4 Å². The van der Waals surface area contributed by atoms with Crippen molar-refractivity contribution in [3.8, 4) is 0 Å². The fraction of sp³-hybridized carbons (Fsp3) is 0.565. The second-order valence-corrected chi connectivity index (χ2v) is 9.22. The fourth-order valence-corrected chi connectivity index (χ4v) is 5.40. The van der Waals surface area contributed by atoms with Gasteiger partial charge in [0, 0.05) is 38.5 Å². The Balaban J connectivity index is 0. The number of nitrogens with one attached hydrogen (secondary N) is 1. The molecule has 9 N–H and O–H groups in total. The van der Waals surface area contributed by atoms with Crippen LogP contribution in [0.2, 0.25) is 5.15 Å². The van der Waals surface area contributed by atoms with Crippen LogP contribution in [-0.4, -0.2) is 75.2 Å². The van der Waals surface area contributed by atoms with Crippen molar-refractivity contribution in [3.05, 3.63) is 45.7 Å². The van der Waals surface area contributed by atoms with Crippen LogP contribution in [0.1, 0.15) is 56.3 Å². The Morgan fingerprint density at radius 2 is 1.84 bits per heavy atom. The number of aliphatic imine (C=N–C) groups is 2. The first-order valence-corrected chi connectivity index (χ1v) is 11.8. The Kier molecular flexibility index (Phi) is 16.9. The third-order valence-electron chi connectivity index (χ3n) is 6.86. The van der Waals surface area contributed by atoms with Crippen LogP contribution in [0.4, 0.5) is 0 Å². The number of allylic oxidation sites excluding steroid dienone is 4. The molecule has 1 atom stereocenters. The summed E-state index contributed by atoms with van der Waals surface area (Å²) in [5.74, 6) is 1.05. The average Bonchev–Trinajstić information content (AvgIpc) is 3.18. The van der Waals surface area contributed by atoms with E-state index in [4.69, 9.17) is 27.3 Å². The number of piperidine rings is 1. The van der Waals surface area contributed by atoms with Gasteiger partial charge in [-0.1, -0.05) is 17.7 Å². The van der Waals surface area contributed by atoms with E-state index in [0.29, 0.717) is 11.2 Å². The van der Waals surface area contributed by atoms with Gasteiger partial charge in [0.1, 0.15) is 5.15 Å². The molecule has 0 saturated carbocycles. The van der Waals surface area contributed by atoms with Gasteiger partial charge in [-0.25, -0.2) is 15.0 Å². The number of fused-ring (bicyclic) bond motifs is 2. The number of aromatic nitrogens is 2. The van der Waals surface area contributed by atoms with Crippen molar-refractivity contribution in [2.24, 2.45) is 15.7 Å². The van der Waals surface area contributed by atoms with Gasteiger partial charge in [0.15, 0.2) is 0 Å². The minimum absolute atomic E-state index is 0. The molecule has 14 heteroatoms. The summed E-state index contributed by atoms with van der Waals surface area (Å²) in [6, 6.07) is 0.333. The number of halogens is 4. The number of likely N-dealkylation sites (tertiary alicyclic amines) is 1. The SMILES string of the molecule is CC1=C2NC(=NC3CCN(CCN)CC3)N=C2CC=C1C1CCCc2nc(Cl)cnc21.Cl.Cl.Cl.O.O.O. The molecular weight excluding hydrogens is 564 g/mol. The zero-order valence-electron chi connectivity index (χ0n) is 20.8. The van der Waals surface area contributed by atoms with Gasteiger partial charge in [-0.05, 0) is 50.2 Å². The normalized spacial score (nSPS) is 21.6. The van der Waals surface area contributed by atoms with Crippen molar-refractivity contribution in [1.29, 1.82) is 0 Å². The van der Waals surface area contributed by atoms with Gasteiger partial charge in [0.25, 0.3) is 0 Å². The number of aryl methyl sites for hydroxylation is 1. The van der Waals surface area contributed by atoms with Crippen LogP contribution < -0.4 is 11.1 Å². The molecule has 2 aliphatic carbocycles. The van der Waals surface area contributed by atoms with Crippen molar-refractivity contribution in [2.45, 2.75) is 57.4 Å². The molecule has 0 radical (unpaired) electrons. The summed E-state index contributed by atoms with van der Waals surface area (Å²) in [5, 5.41) is 4.00. The van der Waals surface area contributed by atoms with Gasteiger partial charge in [-0.3, -0.25) is 4.98 Å². The molecule has 10 nitrogen and oxygen atoms in total. The minimum atomic E-state index is 0.